The number of likely N-dealkylation sites (N-methyl/N-ethyl adjacent to an activating group) is 1. The van der Waals surface area contributed by atoms with E-state index in [1.54, 1.807) is 35.2 Å². The SMILES string of the molecule is CCN1C(=O)COc2cc3c(cc21)NC(=O)CC3c1coc2ccccc2c1=O. The van der Waals surface area contributed by atoms with E-state index < -0.39 is 5.92 Å². The maximum Gasteiger partial charge on any atom is 0.265 e. The molecule has 2 aliphatic heterocycles. The average Bonchev–Trinajstić information content (AvgIpc) is 2.72. The van der Waals surface area contributed by atoms with E-state index >= 15 is 0 Å². The number of fused-ring (bicyclic) bond motifs is 3. The number of benzene rings is 2. The van der Waals surface area contributed by atoms with E-state index in [2.05, 4.69) is 5.32 Å². The largest absolute Gasteiger partial charge is 0.482 e. The average molecular weight is 390 g/mol. The van der Waals surface area contributed by atoms with E-state index in [1.807, 2.05) is 13.0 Å². The molecule has 2 aromatic carbocycles. The third-order valence-corrected chi connectivity index (χ3v) is 5.51. The zero-order valence-electron chi connectivity index (χ0n) is 15.7. The van der Waals surface area contributed by atoms with Crippen LogP contribution >= 0.6 is 0 Å². The molecule has 7 heteroatoms. The third-order valence-electron chi connectivity index (χ3n) is 5.51. The second-order valence-electron chi connectivity index (χ2n) is 7.16. The molecular formula is C22H18N2O5. The Balaban J connectivity index is 1.69. The van der Waals surface area contributed by atoms with E-state index in [0.29, 0.717) is 40.2 Å². The summed E-state index contributed by atoms with van der Waals surface area (Å²) in [7, 11) is 0. The van der Waals surface area contributed by atoms with Gasteiger partial charge < -0.3 is 19.4 Å². The zero-order valence-corrected chi connectivity index (χ0v) is 15.7. The van der Waals surface area contributed by atoms with Gasteiger partial charge in [0, 0.05) is 30.1 Å². The smallest absolute Gasteiger partial charge is 0.265 e. The number of nitrogens with one attached hydrogen (secondary N) is 1. The molecule has 2 amide bonds. The summed E-state index contributed by atoms with van der Waals surface area (Å²) in [6.07, 6.45) is 1.57. The minimum atomic E-state index is -0.457. The summed E-state index contributed by atoms with van der Waals surface area (Å²) < 4.78 is 11.3. The number of hydrogen-bond donors (Lipinski definition) is 1. The van der Waals surface area contributed by atoms with Gasteiger partial charge >= 0.3 is 0 Å². The van der Waals surface area contributed by atoms with Crippen LogP contribution in [0, 0.1) is 0 Å². The van der Waals surface area contributed by atoms with Crippen molar-refractivity contribution in [1.82, 2.24) is 0 Å². The molecule has 7 nitrogen and oxygen atoms in total. The fourth-order valence-electron chi connectivity index (χ4n) is 4.11. The van der Waals surface area contributed by atoms with Crippen LogP contribution in [0.3, 0.4) is 0 Å². The van der Waals surface area contributed by atoms with Crippen LogP contribution in [-0.2, 0) is 9.59 Å². The first kappa shape index (κ1) is 17.5. The van der Waals surface area contributed by atoms with Gasteiger partial charge in [-0.3, -0.25) is 14.4 Å². The second kappa shape index (κ2) is 6.48. The number of rotatable bonds is 2. The molecule has 0 fully saturated rings. The fraction of sp³-hybridized carbons (Fsp3) is 0.227. The van der Waals surface area contributed by atoms with Crippen LogP contribution in [0.1, 0.15) is 30.4 Å². The highest BCUT2D eigenvalue weighted by Gasteiger charge is 2.33. The van der Waals surface area contributed by atoms with Gasteiger partial charge in [0.15, 0.2) is 12.0 Å². The zero-order chi connectivity index (χ0) is 20.1. The summed E-state index contributed by atoms with van der Waals surface area (Å²) in [5.41, 5.74) is 2.76. The molecule has 0 saturated carbocycles. The Hall–Kier alpha value is -3.61. The topological polar surface area (TPSA) is 88.8 Å². The van der Waals surface area contributed by atoms with E-state index in [4.69, 9.17) is 9.15 Å². The van der Waals surface area contributed by atoms with Crippen molar-refractivity contribution in [2.45, 2.75) is 19.3 Å². The fourth-order valence-corrected chi connectivity index (χ4v) is 4.11. The van der Waals surface area contributed by atoms with E-state index in [9.17, 15) is 14.4 Å². The molecule has 0 aliphatic carbocycles. The van der Waals surface area contributed by atoms with Crippen LogP contribution in [-0.4, -0.2) is 25.0 Å². The van der Waals surface area contributed by atoms with E-state index in [0.717, 1.165) is 5.56 Å². The second-order valence-corrected chi connectivity index (χ2v) is 7.16. The van der Waals surface area contributed by atoms with Crippen LogP contribution in [0.25, 0.3) is 11.0 Å². The van der Waals surface area contributed by atoms with Crippen LogP contribution in [0.2, 0.25) is 0 Å². The molecule has 1 aromatic heterocycles. The summed E-state index contributed by atoms with van der Waals surface area (Å²) in [6, 6.07) is 10.6. The van der Waals surface area contributed by atoms with Gasteiger partial charge in [-0.25, -0.2) is 0 Å². The number of carbonyl (C=O) groups is 2. The Kier molecular flexibility index (Phi) is 3.91. The Morgan fingerprint density at radius 1 is 1.14 bits per heavy atom. The molecule has 0 spiro atoms. The lowest BCUT2D eigenvalue weighted by Crippen LogP contribution is -2.39. The molecule has 146 valence electrons. The Bertz CT molecular complexity index is 1230. The molecule has 1 atom stereocenters. The normalized spacial score (nSPS) is 18.1. The Labute approximate surface area is 165 Å². The van der Waals surface area contributed by atoms with Gasteiger partial charge in [0.25, 0.3) is 5.91 Å². The van der Waals surface area contributed by atoms with Crippen molar-refractivity contribution in [3.63, 3.8) is 0 Å². The quantitative estimate of drug-likeness (QED) is 0.727. The number of nitrogens with zero attached hydrogens (tertiary/aromatic N) is 1. The monoisotopic (exact) mass is 390 g/mol. The van der Waals surface area contributed by atoms with E-state index in [-0.39, 0.29) is 30.3 Å². The van der Waals surface area contributed by atoms with Crippen molar-refractivity contribution in [2.24, 2.45) is 0 Å². The van der Waals surface area contributed by atoms with Gasteiger partial charge in [-0.2, -0.15) is 0 Å². The standard InChI is InChI=1S/C22H18N2O5/c1-2-24-17-9-16-14(7-19(17)29-11-21(24)26)13(8-20(25)23-16)15-10-28-18-6-4-3-5-12(18)22(15)27/h3-7,9-10,13H,2,8,11H2,1H3,(H,23,25). The van der Waals surface area contributed by atoms with Crippen LogP contribution in [0.15, 0.2) is 51.9 Å². The number of para-hydroxylation sites is 1. The molecule has 1 N–H and O–H groups in total. The Morgan fingerprint density at radius 2 is 1.97 bits per heavy atom. The molecule has 0 saturated heterocycles. The lowest BCUT2D eigenvalue weighted by molar-refractivity contribution is -0.121. The molecular weight excluding hydrogens is 372 g/mol. The highest BCUT2D eigenvalue weighted by atomic mass is 16.5. The van der Waals surface area contributed by atoms with Gasteiger partial charge in [-0.15, -0.1) is 0 Å². The maximum atomic E-state index is 13.1. The molecule has 2 aliphatic rings. The van der Waals surface area contributed by atoms with Crippen LogP contribution in [0.4, 0.5) is 11.4 Å². The molecule has 3 heterocycles. The molecule has 0 radical (unpaired) electrons. The number of anilines is 2. The number of hydrogen-bond acceptors (Lipinski definition) is 5. The minimum absolute atomic E-state index is 0.0330. The minimum Gasteiger partial charge on any atom is -0.482 e. The number of carbonyl (C=O) groups excluding carboxylic acids is 2. The predicted octanol–water partition coefficient (Wildman–Crippen LogP) is 3.01. The molecule has 0 bridgehead atoms. The van der Waals surface area contributed by atoms with Crippen molar-refractivity contribution >= 4 is 34.2 Å². The first-order valence-corrected chi connectivity index (χ1v) is 9.48. The van der Waals surface area contributed by atoms with Crippen molar-refractivity contribution in [3.8, 4) is 5.75 Å². The van der Waals surface area contributed by atoms with E-state index in [1.165, 1.54) is 6.26 Å². The van der Waals surface area contributed by atoms with Crippen LogP contribution in [0.5, 0.6) is 5.75 Å². The van der Waals surface area contributed by atoms with Gasteiger partial charge in [0.1, 0.15) is 11.3 Å². The molecule has 29 heavy (non-hydrogen) atoms. The lowest BCUT2D eigenvalue weighted by Gasteiger charge is -2.32. The van der Waals surface area contributed by atoms with Crippen molar-refractivity contribution < 1.29 is 18.7 Å². The third kappa shape index (κ3) is 2.69. The highest BCUT2D eigenvalue weighted by molar-refractivity contribution is 6.01. The predicted molar refractivity (Wildman–Crippen MR) is 108 cm³/mol. The van der Waals surface area contributed by atoms with Crippen molar-refractivity contribution in [2.75, 3.05) is 23.4 Å². The summed E-state index contributed by atoms with van der Waals surface area (Å²) in [4.78, 5) is 39.3. The van der Waals surface area contributed by atoms with Gasteiger partial charge in [-0.05, 0) is 36.8 Å². The van der Waals surface area contributed by atoms with Gasteiger partial charge in [0.05, 0.1) is 17.3 Å². The van der Waals surface area contributed by atoms with Crippen molar-refractivity contribution in [1.29, 1.82) is 0 Å². The summed E-state index contributed by atoms with van der Waals surface area (Å²) >= 11 is 0. The van der Waals surface area contributed by atoms with Crippen LogP contribution < -0.4 is 20.4 Å². The first-order valence-electron chi connectivity index (χ1n) is 9.48. The Morgan fingerprint density at radius 3 is 2.79 bits per heavy atom. The molecule has 3 aromatic rings. The summed E-state index contributed by atoms with van der Waals surface area (Å²) in [5.74, 6) is -0.215. The summed E-state index contributed by atoms with van der Waals surface area (Å²) in [6.45, 7) is 2.35. The molecule has 1 unspecified atom stereocenters. The number of ether oxygens (including phenoxy) is 1. The number of amides is 2. The van der Waals surface area contributed by atoms with Gasteiger partial charge in [-0.1, -0.05) is 12.1 Å². The lowest BCUT2D eigenvalue weighted by atomic mass is 9.84. The van der Waals surface area contributed by atoms with Gasteiger partial charge in [0.2, 0.25) is 5.91 Å². The highest BCUT2D eigenvalue weighted by Crippen LogP contribution is 2.44. The summed E-state index contributed by atoms with van der Waals surface area (Å²) in [5, 5.41) is 3.34. The first-order chi connectivity index (χ1) is 14.1. The molecule has 5 rings (SSSR count). The maximum absolute atomic E-state index is 13.1. The van der Waals surface area contributed by atoms with Crippen molar-refractivity contribution in [3.05, 3.63) is 64.0 Å².